The van der Waals surface area contributed by atoms with Crippen LogP contribution in [-0.4, -0.2) is 47.6 Å². The molecule has 2 aliphatic heterocycles. The van der Waals surface area contributed by atoms with Crippen molar-refractivity contribution in [2.24, 2.45) is 0 Å². The Balaban J connectivity index is 1.65. The van der Waals surface area contributed by atoms with Crippen LogP contribution >= 0.6 is 0 Å². The summed E-state index contributed by atoms with van der Waals surface area (Å²) in [6, 6.07) is 2.70. The van der Waals surface area contributed by atoms with Crippen LogP contribution in [0.15, 0.2) is 12.3 Å². The van der Waals surface area contributed by atoms with E-state index in [1.807, 2.05) is 6.20 Å². The Kier molecular flexibility index (Phi) is 4.09. The lowest BCUT2D eigenvalue weighted by molar-refractivity contribution is 0.253. The molecule has 0 aromatic carbocycles. The van der Waals surface area contributed by atoms with Crippen LogP contribution in [0.1, 0.15) is 43.1 Å². The standard InChI is InChI=1S/C15H24N4/c1-19-9-5-12(6-10-19)14-4-8-17-15(18-14)11-13-3-2-7-16-13/h4,8,12-13,16H,2-3,5-7,9-11H2,1H3. The molecule has 3 heterocycles. The highest BCUT2D eigenvalue weighted by atomic mass is 15.1. The lowest BCUT2D eigenvalue weighted by Gasteiger charge is -2.28. The van der Waals surface area contributed by atoms with E-state index in [0.717, 1.165) is 18.8 Å². The number of hydrogen-bond donors (Lipinski definition) is 1. The van der Waals surface area contributed by atoms with Gasteiger partial charge in [0.1, 0.15) is 5.82 Å². The quantitative estimate of drug-likeness (QED) is 0.896. The topological polar surface area (TPSA) is 41.1 Å². The normalized spacial score (nSPS) is 25.8. The minimum absolute atomic E-state index is 0.590. The largest absolute Gasteiger partial charge is 0.314 e. The Bertz CT molecular complexity index is 406. The zero-order valence-corrected chi connectivity index (χ0v) is 11.8. The maximum Gasteiger partial charge on any atom is 0.130 e. The van der Waals surface area contributed by atoms with Gasteiger partial charge in [-0.2, -0.15) is 0 Å². The van der Waals surface area contributed by atoms with Crippen molar-refractivity contribution in [1.29, 1.82) is 0 Å². The Morgan fingerprint density at radius 1 is 1.32 bits per heavy atom. The van der Waals surface area contributed by atoms with Crippen molar-refractivity contribution in [3.05, 3.63) is 23.8 Å². The van der Waals surface area contributed by atoms with Crippen molar-refractivity contribution in [2.75, 3.05) is 26.7 Å². The molecule has 1 aromatic heterocycles. The first-order valence-electron chi connectivity index (χ1n) is 7.55. The van der Waals surface area contributed by atoms with Crippen LogP contribution in [0, 0.1) is 0 Å². The van der Waals surface area contributed by atoms with Crippen LogP contribution in [0.25, 0.3) is 0 Å². The summed E-state index contributed by atoms with van der Waals surface area (Å²) in [4.78, 5) is 11.7. The number of aromatic nitrogens is 2. The first kappa shape index (κ1) is 13.0. The Morgan fingerprint density at radius 3 is 2.89 bits per heavy atom. The third-order valence-electron chi connectivity index (χ3n) is 4.46. The smallest absolute Gasteiger partial charge is 0.130 e. The van der Waals surface area contributed by atoms with Crippen LogP contribution in [0.4, 0.5) is 0 Å². The molecule has 2 aliphatic rings. The zero-order valence-electron chi connectivity index (χ0n) is 11.8. The summed E-state index contributed by atoms with van der Waals surface area (Å²) in [5.41, 5.74) is 1.26. The lowest BCUT2D eigenvalue weighted by atomic mass is 9.93. The van der Waals surface area contributed by atoms with Crippen LogP contribution in [-0.2, 0) is 6.42 Å². The van der Waals surface area contributed by atoms with Gasteiger partial charge in [0.2, 0.25) is 0 Å². The molecule has 0 aliphatic carbocycles. The van der Waals surface area contributed by atoms with E-state index in [2.05, 4.69) is 28.3 Å². The molecule has 1 atom stereocenters. The van der Waals surface area contributed by atoms with E-state index in [4.69, 9.17) is 4.98 Å². The van der Waals surface area contributed by atoms with Crippen molar-refractivity contribution in [3.63, 3.8) is 0 Å². The van der Waals surface area contributed by atoms with Crippen LogP contribution < -0.4 is 5.32 Å². The molecule has 19 heavy (non-hydrogen) atoms. The van der Waals surface area contributed by atoms with Crippen LogP contribution in [0.2, 0.25) is 0 Å². The molecule has 2 fully saturated rings. The minimum Gasteiger partial charge on any atom is -0.314 e. The predicted molar refractivity (Wildman–Crippen MR) is 76.2 cm³/mol. The minimum atomic E-state index is 0.590. The second-order valence-corrected chi connectivity index (χ2v) is 5.97. The Hall–Kier alpha value is -1.00. The van der Waals surface area contributed by atoms with E-state index in [0.29, 0.717) is 12.0 Å². The number of hydrogen-bond acceptors (Lipinski definition) is 4. The van der Waals surface area contributed by atoms with E-state index in [1.54, 1.807) is 0 Å². The SMILES string of the molecule is CN1CCC(c2ccnc(CC3CCCN3)n2)CC1. The van der Waals surface area contributed by atoms with Crippen molar-refractivity contribution < 1.29 is 0 Å². The first-order valence-corrected chi connectivity index (χ1v) is 7.55. The lowest BCUT2D eigenvalue weighted by Crippen LogP contribution is -2.30. The number of piperidine rings is 1. The molecule has 1 unspecified atom stereocenters. The fraction of sp³-hybridized carbons (Fsp3) is 0.733. The van der Waals surface area contributed by atoms with Gasteiger partial charge in [-0.25, -0.2) is 9.97 Å². The van der Waals surface area contributed by atoms with Gasteiger partial charge in [0, 0.05) is 30.3 Å². The highest BCUT2D eigenvalue weighted by Gasteiger charge is 2.21. The maximum atomic E-state index is 4.82. The molecule has 3 rings (SSSR count). The second kappa shape index (κ2) is 5.97. The third-order valence-corrected chi connectivity index (χ3v) is 4.46. The molecule has 4 nitrogen and oxygen atoms in total. The monoisotopic (exact) mass is 260 g/mol. The number of nitrogens with one attached hydrogen (secondary N) is 1. The Labute approximate surface area is 115 Å². The molecule has 0 bridgehead atoms. The van der Waals surface area contributed by atoms with E-state index in [9.17, 15) is 0 Å². The fourth-order valence-electron chi connectivity index (χ4n) is 3.20. The molecule has 0 saturated carbocycles. The molecule has 1 N–H and O–H groups in total. The molecule has 0 spiro atoms. The average molecular weight is 260 g/mol. The maximum absolute atomic E-state index is 4.82. The molecule has 2 saturated heterocycles. The number of likely N-dealkylation sites (tertiary alicyclic amines) is 1. The van der Waals surface area contributed by atoms with Gasteiger partial charge in [-0.1, -0.05) is 0 Å². The van der Waals surface area contributed by atoms with Crippen LogP contribution in [0.3, 0.4) is 0 Å². The molecule has 104 valence electrons. The molecular weight excluding hydrogens is 236 g/mol. The summed E-state index contributed by atoms with van der Waals surface area (Å²) in [5, 5.41) is 3.52. The zero-order chi connectivity index (χ0) is 13.1. The summed E-state index contributed by atoms with van der Waals surface area (Å²) in [5.74, 6) is 1.66. The number of rotatable bonds is 3. The van der Waals surface area contributed by atoms with Gasteiger partial charge in [-0.3, -0.25) is 0 Å². The third kappa shape index (κ3) is 3.31. The molecule has 0 amide bonds. The van der Waals surface area contributed by atoms with Gasteiger partial charge in [0.25, 0.3) is 0 Å². The van der Waals surface area contributed by atoms with Crippen molar-refractivity contribution in [2.45, 2.75) is 44.1 Å². The van der Waals surface area contributed by atoms with Crippen molar-refractivity contribution >= 4 is 0 Å². The number of nitrogens with zero attached hydrogens (tertiary/aromatic N) is 3. The summed E-state index contributed by atoms with van der Waals surface area (Å²) in [6.07, 6.45) is 7.95. The van der Waals surface area contributed by atoms with Gasteiger partial charge in [0.15, 0.2) is 0 Å². The summed E-state index contributed by atoms with van der Waals surface area (Å²) in [7, 11) is 2.20. The van der Waals surface area contributed by atoms with E-state index < -0.39 is 0 Å². The van der Waals surface area contributed by atoms with E-state index >= 15 is 0 Å². The van der Waals surface area contributed by atoms with E-state index in [-0.39, 0.29) is 0 Å². The highest BCUT2D eigenvalue weighted by Crippen LogP contribution is 2.25. The molecule has 0 radical (unpaired) electrons. The van der Waals surface area contributed by atoms with Gasteiger partial charge in [-0.15, -0.1) is 0 Å². The molecular formula is C15H24N4. The average Bonchev–Trinajstić information content (AvgIpc) is 2.93. The second-order valence-electron chi connectivity index (χ2n) is 5.97. The van der Waals surface area contributed by atoms with Gasteiger partial charge in [0.05, 0.1) is 0 Å². The summed E-state index contributed by atoms with van der Waals surface area (Å²) >= 11 is 0. The fourth-order valence-corrected chi connectivity index (χ4v) is 3.20. The Morgan fingerprint density at radius 2 is 2.16 bits per heavy atom. The molecule has 4 heteroatoms. The van der Waals surface area contributed by atoms with Gasteiger partial charge in [-0.05, 0) is 58.4 Å². The van der Waals surface area contributed by atoms with Crippen LogP contribution in [0.5, 0.6) is 0 Å². The van der Waals surface area contributed by atoms with E-state index in [1.165, 1.54) is 44.5 Å². The van der Waals surface area contributed by atoms with Crippen molar-refractivity contribution in [3.8, 4) is 0 Å². The van der Waals surface area contributed by atoms with Crippen molar-refractivity contribution in [1.82, 2.24) is 20.2 Å². The predicted octanol–water partition coefficient (Wildman–Crippen LogP) is 1.58. The molecule has 1 aromatic rings. The first-order chi connectivity index (χ1) is 9.31. The van der Waals surface area contributed by atoms with Gasteiger partial charge < -0.3 is 10.2 Å². The highest BCUT2D eigenvalue weighted by molar-refractivity contribution is 5.10. The van der Waals surface area contributed by atoms with Gasteiger partial charge >= 0.3 is 0 Å². The summed E-state index contributed by atoms with van der Waals surface area (Å²) < 4.78 is 0. The summed E-state index contributed by atoms with van der Waals surface area (Å²) in [6.45, 7) is 3.53.